The fraction of sp³-hybridized carbons (Fsp3) is 0.429. The number of carbonyl (C=O) groups excluding carboxylic acids is 1. The SMILES string of the molecule is CCOC(=O)CC(CC#N)OS(=O)(=O)c1ccc(C)cc1. The zero-order valence-corrected chi connectivity index (χ0v) is 12.7. The normalized spacial score (nSPS) is 12.4. The number of hydrogen-bond acceptors (Lipinski definition) is 6. The van der Waals surface area contributed by atoms with E-state index >= 15 is 0 Å². The largest absolute Gasteiger partial charge is 0.466 e. The third kappa shape index (κ3) is 5.53. The van der Waals surface area contributed by atoms with Crippen LogP contribution in [0.5, 0.6) is 0 Å². The topological polar surface area (TPSA) is 93.5 Å². The fourth-order valence-corrected chi connectivity index (χ4v) is 2.66. The molecule has 0 bridgehead atoms. The second kappa shape index (κ2) is 7.76. The number of esters is 1. The Kier molecular flexibility index (Phi) is 6.34. The molecule has 114 valence electrons. The molecular formula is C14H17NO5S. The summed E-state index contributed by atoms with van der Waals surface area (Å²) >= 11 is 0. The summed E-state index contributed by atoms with van der Waals surface area (Å²) in [6, 6.07) is 7.91. The Morgan fingerprint density at radius 1 is 1.33 bits per heavy atom. The van der Waals surface area contributed by atoms with E-state index in [4.69, 9.17) is 14.2 Å². The van der Waals surface area contributed by atoms with Crippen LogP contribution in [0.15, 0.2) is 29.2 Å². The van der Waals surface area contributed by atoms with Crippen molar-refractivity contribution in [3.05, 3.63) is 29.8 Å². The predicted molar refractivity (Wildman–Crippen MR) is 74.7 cm³/mol. The standard InChI is InChI=1S/C14H17NO5S/c1-3-19-14(16)10-12(8-9-15)20-21(17,18)13-6-4-11(2)5-7-13/h4-7,12H,3,8,10H2,1-2H3. The van der Waals surface area contributed by atoms with E-state index in [1.807, 2.05) is 6.92 Å². The highest BCUT2D eigenvalue weighted by Gasteiger charge is 2.24. The molecule has 0 aliphatic rings. The van der Waals surface area contributed by atoms with Gasteiger partial charge in [-0.2, -0.15) is 13.7 Å². The summed E-state index contributed by atoms with van der Waals surface area (Å²) in [5.74, 6) is -0.600. The first-order valence-electron chi connectivity index (χ1n) is 6.41. The number of rotatable bonds is 7. The summed E-state index contributed by atoms with van der Waals surface area (Å²) in [7, 11) is -4.02. The first kappa shape index (κ1) is 17.1. The minimum Gasteiger partial charge on any atom is -0.466 e. The van der Waals surface area contributed by atoms with Gasteiger partial charge in [-0.05, 0) is 26.0 Å². The van der Waals surface area contributed by atoms with Gasteiger partial charge in [0.2, 0.25) is 0 Å². The first-order valence-corrected chi connectivity index (χ1v) is 7.82. The molecule has 6 nitrogen and oxygen atoms in total. The van der Waals surface area contributed by atoms with Gasteiger partial charge in [0.05, 0.1) is 30.4 Å². The maximum Gasteiger partial charge on any atom is 0.308 e. The van der Waals surface area contributed by atoms with Crippen molar-refractivity contribution >= 4 is 16.1 Å². The lowest BCUT2D eigenvalue weighted by atomic mass is 10.2. The van der Waals surface area contributed by atoms with Crippen LogP contribution in [0, 0.1) is 18.3 Å². The monoisotopic (exact) mass is 311 g/mol. The van der Waals surface area contributed by atoms with E-state index in [-0.39, 0.29) is 24.3 Å². The van der Waals surface area contributed by atoms with Crippen LogP contribution in [0.25, 0.3) is 0 Å². The van der Waals surface area contributed by atoms with Gasteiger partial charge in [-0.15, -0.1) is 0 Å². The molecule has 7 heteroatoms. The van der Waals surface area contributed by atoms with Gasteiger partial charge in [0, 0.05) is 0 Å². The van der Waals surface area contributed by atoms with Crippen LogP contribution >= 0.6 is 0 Å². The molecule has 0 radical (unpaired) electrons. The number of carbonyl (C=O) groups is 1. The van der Waals surface area contributed by atoms with Crippen LogP contribution in [-0.4, -0.2) is 27.1 Å². The van der Waals surface area contributed by atoms with Crippen molar-refractivity contribution in [1.82, 2.24) is 0 Å². The Bertz CT molecular complexity index is 616. The minimum absolute atomic E-state index is 0.0140. The van der Waals surface area contributed by atoms with Crippen molar-refractivity contribution in [2.45, 2.75) is 37.7 Å². The van der Waals surface area contributed by atoms with E-state index in [0.29, 0.717) is 0 Å². The molecule has 0 saturated heterocycles. The Labute approximate surface area is 124 Å². The highest BCUT2D eigenvalue weighted by Crippen LogP contribution is 2.18. The number of hydrogen-bond donors (Lipinski definition) is 0. The molecule has 1 unspecified atom stereocenters. The smallest absolute Gasteiger partial charge is 0.308 e. The second-order valence-corrected chi connectivity index (χ2v) is 5.93. The zero-order chi connectivity index (χ0) is 15.9. The van der Waals surface area contributed by atoms with Crippen molar-refractivity contribution in [3.63, 3.8) is 0 Å². The Hall–Kier alpha value is -1.91. The summed E-state index contributed by atoms with van der Waals surface area (Å²) in [6.45, 7) is 3.65. The molecule has 0 N–H and O–H groups in total. The van der Waals surface area contributed by atoms with Gasteiger partial charge >= 0.3 is 5.97 Å². The molecule has 0 aliphatic heterocycles. The van der Waals surface area contributed by atoms with Crippen molar-refractivity contribution < 1.29 is 22.1 Å². The van der Waals surface area contributed by atoms with Gasteiger partial charge in [-0.3, -0.25) is 8.98 Å². The molecular weight excluding hydrogens is 294 g/mol. The maximum absolute atomic E-state index is 12.1. The molecule has 0 amide bonds. The summed E-state index contributed by atoms with van der Waals surface area (Å²) in [4.78, 5) is 11.4. The van der Waals surface area contributed by atoms with Crippen molar-refractivity contribution in [1.29, 1.82) is 5.26 Å². The number of nitrogens with zero attached hydrogens (tertiary/aromatic N) is 1. The molecule has 1 atom stereocenters. The average Bonchev–Trinajstić information content (AvgIpc) is 2.39. The molecule has 0 saturated carbocycles. The number of aryl methyl sites for hydroxylation is 1. The molecule has 1 aromatic carbocycles. The van der Waals surface area contributed by atoms with E-state index in [0.717, 1.165) is 5.56 Å². The lowest BCUT2D eigenvalue weighted by Crippen LogP contribution is -2.23. The van der Waals surface area contributed by atoms with Gasteiger partial charge in [0.25, 0.3) is 10.1 Å². The average molecular weight is 311 g/mol. The van der Waals surface area contributed by atoms with E-state index in [9.17, 15) is 13.2 Å². The van der Waals surface area contributed by atoms with Crippen LogP contribution < -0.4 is 0 Å². The number of benzene rings is 1. The molecule has 1 rings (SSSR count). The molecule has 21 heavy (non-hydrogen) atoms. The fourth-order valence-electron chi connectivity index (χ4n) is 1.59. The molecule has 0 aliphatic carbocycles. The molecule has 0 aromatic heterocycles. The summed E-state index contributed by atoms with van der Waals surface area (Å²) in [6.07, 6.45) is -1.56. The molecule has 0 fully saturated rings. The van der Waals surface area contributed by atoms with Gasteiger partial charge in [0.15, 0.2) is 0 Å². The highest BCUT2D eigenvalue weighted by atomic mass is 32.2. The summed E-state index contributed by atoms with van der Waals surface area (Å²) in [5.41, 5.74) is 0.911. The first-order chi connectivity index (χ1) is 9.89. The predicted octanol–water partition coefficient (Wildman–Crippen LogP) is 1.94. The maximum atomic E-state index is 12.1. The van der Waals surface area contributed by atoms with Crippen molar-refractivity contribution in [3.8, 4) is 6.07 Å². The minimum atomic E-state index is -4.02. The molecule has 0 heterocycles. The van der Waals surface area contributed by atoms with Crippen LogP contribution in [0.2, 0.25) is 0 Å². The van der Waals surface area contributed by atoms with Crippen LogP contribution in [0.4, 0.5) is 0 Å². The Morgan fingerprint density at radius 3 is 2.48 bits per heavy atom. The van der Waals surface area contributed by atoms with Gasteiger partial charge in [-0.1, -0.05) is 17.7 Å². The van der Waals surface area contributed by atoms with Gasteiger partial charge < -0.3 is 4.74 Å². The van der Waals surface area contributed by atoms with Gasteiger partial charge in [-0.25, -0.2) is 0 Å². The van der Waals surface area contributed by atoms with Crippen molar-refractivity contribution in [2.24, 2.45) is 0 Å². The molecule has 0 spiro atoms. The van der Waals surface area contributed by atoms with Crippen LogP contribution in [-0.2, 0) is 23.8 Å². The molecule has 1 aromatic rings. The van der Waals surface area contributed by atoms with E-state index in [1.165, 1.54) is 12.1 Å². The van der Waals surface area contributed by atoms with E-state index in [1.54, 1.807) is 25.1 Å². The third-order valence-electron chi connectivity index (χ3n) is 2.59. The number of ether oxygens (including phenoxy) is 1. The third-order valence-corrected chi connectivity index (χ3v) is 3.97. The number of nitriles is 1. The lowest BCUT2D eigenvalue weighted by molar-refractivity contribution is -0.144. The van der Waals surface area contributed by atoms with Crippen LogP contribution in [0.1, 0.15) is 25.3 Å². The lowest BCUT2D eigenvalue weighted by Gasteiger charge is -2.14. The summed E-state index contributed by atoms with van der Waals surface area (Å²) in [5, 5.41) is 8.71. The second-order valence-electron chi connectivity index (χ2n) is 4.36. The van der Waals surface area contributed by atoms with E-state index in [2.05, 4.69) is 0 Å². The van der Waals surface area contributed by atoms with Crippen LogP contribution in [0.3, 0.4) is 0 Å². The highest BCUT2D eigenvalue weighted by molar-refractivity contribution is 7.86. The van der Waals surface area contributed by atoms with Crippen molar-refractivity contribution in [2.75, 3.05) is 6.61 Å². The summed E-state index contributed by atoms with van der Waals surface area (Å²) < 4.78 is 33.9. The van der Waals surface area contributed by atoms with Gasteiger partial charge in [0.1, 0.15) is 6.10 Å². The Morgan fingerprint density at radius 2 is 1.95 bits per heavy atom. The quantitative estimate of drug-likeness (QED) is 0.564. The zero-order valence-electron chi connectivity index (χ0n) is 11.9. The van der Waals surface area contributed by atoms with E-state index < -0.39 is 22.2 Å². The Balaban J connectivity index is 2.84.